The monoisotopic (exact) mass is 597 g/mol. The zero-order valence-corrected chi connectivity index (χ0v) is 24.1. The first-order valence-electron chi connectivity index (χ1n) is 11.8. The number of aromatic nitrogens is 4. The van der Waals surface area contributed by atoms with Crippen LogP contribution >= 0.6 is 39.0 Å². The lowest BCUT2D eigenvalue weighted by Crippen LogP contribution is -2.15. The van der Waals surface area contributed by atoms with Gasteiger partial charge in [-0.05, 0) is 42.7 Å². The molecule has 192 valence electrons. The van der Waals surface area contributed by atoms with Crippen molar-refractivity contribution in [2.24, 2.45) is 0 Å². The highest BCUT2D eigenvalue weighted by atomic mass is 79.9. The summed E-state index contributed by atoms with van der Waals surface area (Å²) >= 11 is 6.15. The van der Waals surface area contributed by atoms with Crippen LogP contribution < -0.4 is 10.1 Å². The molecule has 1 N–H and O–H groups in total. The average molecular weight is 599 g/mol. The normalized spacial score (nSPS) is 11.9. The third-order valence-corrected chi connectivity index (χ3v) is 7.76. The maximum absolute atomic E-state index is 12.6. The number of hydrogen-bond acceptors (Lipinski definition) is 7. The van der Waals surface area contributed by atoms with Gasteiger partial charge in [-0.1, -0.05) is 71.9 Å². The van der Waals surface area contributed by atoms with Gasteiger partial charge in [0.05, 0.1) is 11.4 Å². The van der Waals surface area contributed by atoms with E-state index in [1.165, 1.54) is 28.7 Å². The van der Waals surface area contributed by atoms with Gasteiger partial charge in [0.15, 0.2) is 22.2 Å². The molecule has 0 aliphatic carbocycles. The summed E-state index contributed by atoms with van der Waals surface area (Å²) in [7, 11) is 0. The summed E-state index contributed by atoms with van der Waals surface area (Å²) < 4.78 is 9.06. The molecular weight excluding hydrogens is 570 g/mol. The van der Waals surface area contributed by atoms with Crippen LogP contribution in [0.1, 0.15) is 44.2 Å². The van der Waals surface area contributed by atoms with Crippen molar-refractivity contribution in [3.63, 3.8) is 0 Å². The predicted molar refractivity (Wildman–Crippen MR) is 154 cm³/mol. The van der Waals surface area contributed by atoms with E-state index in [1.54, 1.807) is 6.08 Å². The lowest BCUT2D eigenvalue weighted by Gasteiger charge is -2.16. The van der Waals surface area contributed by atoms with Gasteiger partial charge >= 0.3 is 0 Å². The van der Waals surface area contributed by atoms with Gasteiger partial charge in [0.2, 0.25) is 5.91 Å². The number of anilines is 1. The van der Waals surface area contributed by atoms with E-state index in [4.69, 9.17) is 4.74 Å². The van der Waals surface area contributed by atoms with Crippen molar-refractivity contribution in [2.45, 2.75) is 44.5 Å². The quantitative estimate of drug-likeness (QED) is 0.144. The van der Waals surface area contributed by atoms with E-state index >= 15 is 0 Å². The Morgan fingerprint density at radius 1 is 1.16 bits per heavy atom. The molecule has 2 aromatic carbocycles. The second-order valence-corrected chi connectivity index (χ2v) is 11.3. The average Bonchev–Trinajstić information content (AvgIpc) is 3.51. The molecule has 0 radical (unpaired) electrons. The molecule has 0 aliphatic heterocycles. The molecule has 1 atom stereocenters. The Hall–Kier alpha value is -2.95. The minimum Gasteiger partial charge on any atom is -0.483 e. The van der Waals surface area contributed by atoms with Gasteiger partial charge in [-0.25, -0.2) is 4.98 Å². The summed E-state index contributed by atoms with van der Waals surface area (Å²) in [5.41, 5.74) is 3.07. The number of amides is 1. The number of allylic oxidation sites excluding steroid dienone is 1. The summed E-state index contributed by atoms with van der Waals surface area (Å²) in [6, 6.07) is 16.0. The molecule has 2 aromatic heterocycles. The Bertz CT molecular complexity index is 1350. The van der Waals surface area contributed by atoms with Crippen LogP contribution in [0.3, 0.4) is 0 Å². The van der Waals surface area contributed by atoms with Crippen LogP contribution in [-0.4, -0.2) is 31.4 Å². The van der Waals surface area contributed by atoms with Crippen molar-refractivity contribution in [3.05, 3.63) is 82.4 Å². The standard InChI is InChI=1S/C27H28BrN5O2S2/c1-5-14-33-25(18(4)35-22-12-8-19(9-13-22)17(2)3)31-32-27(33)37-16-24(34)30-26-29-23(15-36-26)20-6-10-21(28)11-7-20/h5-13,15,17-18H,1,14,16H2,2-4H3,(H,29,30,34). The van der Waals surface area contributed by atoms with Gasteiger partial charge in [-0.2, -0.15) is 0 Å². The fourth-order valence-corrected chi connectivity index (χ4v) is 5.32. The number of hydrogen-bond donors (Lipinski definition) is 1. The number of thioether (sulfide) groups is 1. The molecule has 1 unspecified atom stereocenters. The number of halogens is 1. The van der Waals surface area contributed by atoms with Crippen LogP contribution in [0, 0.1) is 0 Å². The van der Waals surface area contributed by atoms with Crippen molar-refractivity contribution in [2.75, 3.05) is 11.1 Å². The number of rotatable bonds is 11. The van der Waals surface area contributed by atoms with Crippen LogP contribution in [0.4, 0.5) is 5.13 Å². The number of thiazole rings is 1. The fourth-order valence-electron chi connectivity index (χ4n) is 3.57. The topological polar surface area (TPSA) is 81.9 Å². The number of benzene rings is 2. The Morgan fingerprint density at radius 3 is 2.57 bits per heavy atom. The Morgan fingerprint density at radius 2 is 1.89 bits per heavy atom. The third kappa shape index (κ3) is 7.09. The van der Waals surface area contributed by atoms with E-state index in [1.807, 2.05) is 53.3 Å². The van der Waals surface area contributed by atoms with Crippen LogP contribution in [0.5, 0.6) is 5.75 Å². The lowest BCUT2D eigenvalue weighted by molar-refractivity contribution is -0.113. The van der Waals surface area contributed by atoms with Gasteiger partial charge < -0.3 is 10.1 Å². The second kappa shape index (κ2) is 12.5. The second-order valence-electron chi connectivity index (χ2n) is 8.61. The van der Waals surface area contributed by atoms with Gasteiger partial charge in [0.1, 0.15) is 5.75 Å². The Balaban J connectivity index is 1.37. The number of nitrogens with one attached hydrogen (secondary N) is 1. The van der Waals surface area contributed by atoms with Crippen molar-refractivity contribution in [3.8, 4) is 17.0 Å². The molecule has 7 nitrogen and oxygen atoms in total. The number of ether oxygens (including phenoxy) is 1. The molecule has 4 aromatic rings. The highest BCUT2D eigenvalue weighted by Crippen LogP contribution is 2.28. The predicted octanol–water partition coefficient (Wildman–Crippen LogP) is 7.34. The molecular formula is C27H28BrN5O2S2. The summed E-state index contributed by atoms with van der Waals surface area (Å²) in [5, 5.41) is 14.7. The first-order valence-corrected chi connectivity index (χ1v) is 14.4. The van der Waals surface area contributed by atoms with E-state index in [9.17, 15) is 4.79 Å². The van der Waals surface area contributed by atoms with Crippen LogP contribution in [0.25, 0.3) is 11.3 Å². The highest BCUT2D eigenvalue weighted by Gasteiger charge is 2.20. The molecule has 0 saturated carbocycles. The van der Waals surface area contributed by atoms with E-state index in [2.05, 4.69) is 69.0 Å². The first kappa shape index (κ1) is 27.1. The lowest BCUT2D eigenvalue weighted by atomic mass is 10.0. The van der Waals surface area contributed by atoms with Crippen LogP contribution in [0.15, 0.2) is 76.2 Å². The number of carbonyl (C=O) groups excluding carboxylic acids is 1. The maximum Gasteiger partial charge on any atom is 0.236 e. The third-order valence-electron chi connectivity index (χ3n) is 5.50. The zero-order chi connectivity index (χ0) is 26.4. The minimum atomic E-state index is -0.326. The molecule has 0 aliphatic rings. The number of carbonyl (C=O) groups is 1. The fraction of sp³-hybridized carbons (Fsp3) is 0.259. The molecule has 0 spiro atoms. The Kier molecular flexibility index (Phi) is 9.18. The molecule has 2 heterocycles. The van der Waals surface area contributed by atoms with Gasteiger partial charge in [-0.15, -0.1) is 28.1 Å². The molecule has 10 heteroatoms. The van der Waals surface area contributed by atoms with E-state index in [-0.39, 0.29) is 17.8 Å². The SMILES string of the molecule is C=CCn1c(SCC(=O)Nc2nc(-c3ccc(Br)cc3)cs2)nnc1C(C)Oc1ccc(C(C)C)cc1. The zero-order valence-electron chi connectivity index (χ0n) is 20.8. The maximum atomic E-state index is 12.6. The highest BCUT2D eigenvalue weighted by molar-refractivity contribution is 9.10. The molecule has 0 saturated heterocycles. The van der Waals surface area contributed by atoms with Crippen molar-refractivity contribution in [1.29, 1.82) is 0 Å². The summed E-state index contributed by atoms with van der Waals surface area (Å²) in [4.78, 5) is 17.2. The van der Waals surface area contributed by atoms with E-state index < -0.39 is 0 Å². The summed E-state index contributed by atoms with van der Waals surface area (Å²) in [6.07, 6.45) is 1.45. The van der Waals surface area contributed by atoms with Crippen molar-refractivity contribution < 1.29 is 9.53 Å². The summed E-state index contributed by atoms with van der Waals surface area (Å²) in [6.45, 7) is 10.6. The van der Waals surface area contributed by atoms with Gasteiger partial charge in [0, 0.05) is 22.0 Å². The largest absolute Gasteiger partial charge is 0.483 e. The van der Waals surface area contributed by atoms with Crippen LogP contribution in [0.2, 0.25) is 0 Å². The van der Waals surface area contributed by atoms with Gasteiger partial charge in [-0.3, -0.25) is 9.36 Å². The first-order chi connectivity index (χ1) is 17.8. The molecule has 0 bridgehead atoms. The van der Waals surface area contributed by atoms with Crippen molar-refractivity contribution >= 4 is 50.1 Å². The minimum absolute atomic E-state index is 0.161. The number of nitrogens with zero attached hydrogens (tertiary/aromatic N) is 4. The summed E-state index contributed by atoms with van der Waals surface area (Å²) in [5.74, 6) is 1.92. The van der Waals surface area contributed by atoms with Gasteiger partial charge in [0.25, 0.3) is 0 Å². The molecule has 0 fully saturated rings. The molecule has 4 rings (SSSR count). The van der Waals surface area contributed by atoms with E-state index in [0.717, 1.165) is 21.5 Å². The molecule has 1 amide bonds. The Labute approximate surface area is 233 Å². The van der Waals surface area contributed by atoms with Crippen molar-refractivity contribution in [1.82, 2.24) is 19.7 Å². The van der Waals surface area contributed by atoms with E-state index in [0.29, 0.717) is 28.6 Å². The smallest absolute Gasteiger partial charge is 0.236 e. The van der Waals surface area contributed by atoms with Crippen LogP contribution in [-0.2, 0) is 11.3 Å². The molecule has 37 heavy (non-hydrogen) atoms.